The van der Waals surface area contributed by atoms with E-state index in [1.165, 1.54) is 18.2 Å². The van der Waals surface area contributed by atoms with E-state index in [1.54, 1.807) is 0 Å². The van der Waals surface area contributed by atoms with E-state index in [-0.39, 0.29) is 15.2 Å². The van der Waals surface area contributed by atoms with Gasteiger partial charge in [-0.15, -0.1) is 0 Å². The third-order valence-electron chi connectivity index (χ3n) is 1.84. The topological polar surface area (TPSA) is 20.3 Å². The van der Waals surface area contributed by atoms with E-state index < -0.39 is 12.1 Å². The Bertz CT molecular complexity index is 422. The molecule has 7 heteroatoms. The predicted molar refractivity (Wildman–Crippen MR) is 58.6 cm³/mol. The first-order chi connectivity index (χ1) is 7.25. The second-order valence-corrected chi connectivity index (χ2v) is 4.14. The zero-order valence-corrected chi connectivity index (χ0v) is 10.3. The first-order valence-corrected chi connectivity index (χ1v) is 5.21. The Hall–Kier alpha value is -0.750. The molecule has 0 atom stereocenters. The number of halogens is 5. The van der Waals surface area contributed by atoms with Crippen molar-refractivity contribution in [1.29, 1.82) is 0 Å². The Kier molecular flexibility index (Phi) is 3.85. The van der Waals surface area contributed by atoms with Crippen molar-refractivity contribution >= 4 is 39.1 Å². The van der Waals surface area contributed by atoms with E-state index in [0.717, 1.165) is 7.05 Å². The summed E-state index contributed by atoms with van der Waals surface area (Å²) in [5.41, 5.74) is 0.0647. The van der Waals surface area contributed by atoms with Crippen LogP contribution >= 0.6 is 27.5 Å². The Labute approximate surface area is 103 Å². The van der Waals surface area contributed by atoms with Gasteiger partial charge in [0.25, 0.3) is 0 Å². The lowest BCUT2D eigenvalue weighted by Crippen LogP contribution is -2.38. The molecule has 16 heavy (non-hydrogen) atoms. The average Bonchev–Trinajstić information content (AvgIpc) is 2.18. The number of carbonyl (C=O) groups is 1. The highest BCUT2D eigenvalue weighted by Crippen LogP contribution is 2.33. The summed E-state index contributed by atoms with van der Waals surface area (Å²) in [6.45, 7) is 0. The number of anilines is 1. The highest BCUT2D eigenvalue weighted by molar-refractivity contribution is 9.10. The SMILES string of the molecule is CN(C(=O)C(F)(F)F)c1cccc(Cl)c1Br. The largest absolute Gasteiger partial charge is 0.471 e. The highest BCUT2D eigenvalue weighted by Gasteiger charge is 2.42. The lowest BCUT2D eigenvalue weighted by atomic mass is 10.3. The summed E-state index contributed by atoms with van der Waals surface area (Å²) in [5, 5.41) is 0.235. The van der Waals surface area contributed by atoms with Crippen molar-refractivity contribution in [3.63, 3.8) is 0 Å². The molecule has 1 aromatic carbocycles. The normalized spacial score (nSPS) is 11.4. The first kappa shape index (κ1) is 13.3. The van der Waals surface area contributed by atoms with Gasteiger partial charge in [0.2, 0.25) is 0 Å². The quantitative estimate of drug-likeness (QED) is 0.775. The molecule has 0 saturated heterocycles. The van der Waals surface area contributed by atoms with Gasteiger partial charge in [0.15, 0.2) is 0 Å². The average molecular weight is 317 g/mol. The molecule has 0 aliphatic carbocycles. The zero-order chi connectivity index (χ0) is 12.5. The van der Waals surface area contributed by atoms with Gasteiger partial charge in [-0.3, -0.25) is 4.79 Å². The van der Waals surface area contributed by atoms with Crippen LogP contribution in [0.2, 0.25) is 5.02 Å². The summed E-state index contributed by atoms with van der Waals surface area (Å²) in [6.07, 6.45) is -4.91. The van der Waals surface area contributed by atoms with Crippen LogP contribution in [-0.4, -0.2) is 19.1 Å². The fraction of sp³-hybridized carbons (Fsp3) is 0.222. The molecular weight excluding hydrogens is 310 g/mol. The molecule has 88 valence electrons. The molecule has 0 N–H and O–H groups in total. The van der Waals surface area contributed by atoms with Gasteiger partial charge in [-0.2, -0.15) is 13.2 Å². The number of benzene rings is 1. The van der Waals surface area contributed by atoms with Gasteiger partial charge in [-0.05, 0) is 28.1 Å². The maximum atomic E-state index is 12.2. The predicted octanol–water partition coefficient (Wildman–Crippen LogP) is 3.63. The first-order valence-electron chi connectivity index (χ1n) is 4.04. The molecule has 0 heterocycles. The molecule has 0 saturated carbocycles. The van der Waals surface area contributed by atoms with Crippen LogP contribution in [0.3, 0.4) is 0 Å². The van der Waals surface area contributed by atoms with E-state index in [0.29, 0.717) is 4.90 Å². The number of hydrogen-bond acceptors (Lipinski definition) is 1. The maximum absolute atomic E-state index is 12.2. The lowest BCUT2D eigenvalue weighted by molar-refractivity contribution is -0.170. The van der Waals surface area contributed by atoms with Crippen LogP contribution in [0.1, 0.15) is 0 Å². The summed E-state index contributed by atoms with van der Waals surface area (Å²) >= 11 is 8.73. The summed E-state index contributed by atoms with van der Waals surface area (Å²) in [4.78, 5) is 11.5. The Morgan fingerprint density at radius 3 is 2.50 bits per heavy atom. The van der Waals surface area contributed by atoms with Crippen molar-refractivity contribution in [3.8, 4) is 0 Å². The van der Waals surface area contributed by atoms with E-state index in [9.17, 15) is 18.0 Å². The maximum Gasteiger partial charge on any atom is 0.471 e. The van der Waals surface area contributed by atoms with Crippen LogP contribution in [0.4, 0.5) is 18.9 Å². The second kappa shape index (κ2) is 4.63. The van der Waals surface area contributed by atoms with Gasteiger partial charge < -0.3 is 4.90 Å². The molecule has 1 amide bonds. The van der Waals surface area contributed by atoms with Crippen molar-refractivity contribution in [2.45, 2.75) is 6.18 Å². The van der Waals surface area contributed by atoms with Gasteiger partial charge in [0.05, 0.1) is 15.2 Å². The number of alkyl halides is 3. The molecular formula is C9H6BrClF3NO. The molecule has 0 spiro atoms. The lowest BCUT2D eigenvalue weighted by Gasteiger charge is -2.20. The van der Waals surface area contributed by atoms with Crippen LogP contribution in [0, 0.1) is 0 Å². The van der Waals surface area contributed by atoms with Crippen molar-refractivity contribution < 1.29 is 18.0 Å². The summed E-state index contributed by atoms with van der Waals surface area (Å²) in [7, 11) is 1.03. The summed E-state index contributed by atoms with van der Waals surface area (Å²) in [5.74, 6) is -1.95. The molecule has 0 aliphatic rings. The molecule has 2 nitrogen and oxygen atoms in total. The fourth-order valence-corrected chi connectivity index (χ4v) is 1.75. The van der Waals surface area contributed by atoms with Crippen LogP contribution in [0.15, 0.2) is 22.7 Å². The van der Waals surface area contributed by atoms with Gasteiger partial charge in [0.1, 0.15) is 0 Å². The van der Waals surface area contributed by atoms with E-state index >= 15 is 0 Å². The minimum atomic E-state index is -4.91. The molecule has 0 aromatic heterocycles. The molecule has 0 radical (unpaired) electrons. The molecule has 1 aromatic rings. The number of carbonyl (C=O) groups excluding carboxylic acids is 1. The van der Waals surface area contributed by atoms with Crippen LogP contribution in [-0.2, 0) is 4.79 Å². The summed E-state index contributed by atoms with van der Waals surface area (Å²) < 4.78 is 36.8. The van der Waals surface area contributed by atoms with E-state index in [4.69, 9.17) is 11.6 Å². The summed E-state index contributed by atoms with van der Waals surface area (Å²) in [6, 6.07) is 4.32. The monoisotopic (exact) mass is 315 g/mol. The number of nitrogens with zero attached hydrogens (tertiary/aromatic N) is 1. The minimum absolute atomic E-state index is 0.0647. The number of hydrogen-bond donors (Lipinski definition) is 0. The minimum Gasteiger partial charge on any atom is -0.306 e. The molecule has 0 fully saturated rings. The Balaban J connectivity index is 3.11. The number of rotatable bonds is 1. The van der Waals surface area contributed by atoms with Gasteiger partial charge in [0, 0.05) is 7.05 Å². The van der Waals surface area contributed by atoms with Gasteiger partial charge in [-0.25, -0.2) is 0 Å². The van der Waals surface area contributed by atoms with E-state index in [1.807, 2.05) is 0 Å². The Morgan fingerprint density at radius 2 is 2.00 bits per heavy atom. The van der Waals surface area contributed by atoms with Crippen molar-refractivity contribution in [3.05, 3.63) is 27.7 Å². The second-order valence-electron chi connectivity index (χ2n) is 2.93. The zero-order valence-electron chi connectivity index (χ0n) is 7.98. The number of amides is 1. The standard InChI is InChI=1S/C9H6BrClF3NO/c1-15(8(16)9(12,13)14)6-4-2-3-5(11)7(6)10/h2-4H,1H3. The van der Waals surface area contributed by atoms with Crippen LogP contribution in [0.25, 0.3) is 0 Å². The Morgan fingerprint density at radius 1 is 1.44 bits per heavy atom. The highest BCUT2D eigenvalue weighted by atomic mass is 79.9. The van der Waals surface area contributed by atoms with Gasteiger partial charge >= 0.3 is 12.1 Å². The molecule has 1 rings (SSSR count). The van der Waals surface area contributed by atoms with Crippen molar-refractivity contribution in [1.82, 2.24) is 0 Å². The van der Waals surface area contributed by atoms with E-state index in [2.05, 4.69) is 15.9 Å². The molecule has 0 bridgehead atoms. The third kappa shape index (κ3) is 2.68. The van der Waals surface area contributed by atoms with Gasteiger partial charge in [-0.1, -0.05) is 17.7 Å². The van der Waals surface area contributed by atoms with Crippen LogP contribution in [0.5, 0.6) is 0 Å². The third-order valence-corrected chi connectivity index (χ3v) is 3.22. The van der Waals surface area contributed by atoms with Crippen molar-refractivity contribution in [2.24, 2.45) is 0 Å². The van der Waals surface area contributed by atoms with Crippen LogP contribution < -0.4 is 4.90 Å². The fourth-order valence-electron chi connectivity index (χ4n) is 1.05. The molecule has 0 aliphatic heterocycles. The van der Waals surface area contributed by atoms with Crippen molar-refractivity contribution in [2.75, 3.05) is 11.9 Å². The smallest absolute Gasteiger partial charge is 0.306 e. The molecule has 0 unspecified atom stereocenters.